The molecule has 2 heterocycles. The summed E-state index contributed by atoms with van der Waals surface area (Å²) in [4.78, 5) is 42.8. The third kappa shape index (κ3) is 5.99. The maximum Gasteiger partial charge on any atom is 0.258 e. The maximum absolute atomic E-state index is 13.5. The third-order valence-electron chi connectivity index (χ3n) is 7.69. The molecular weight excluding hydrogens is 538 g/mol. The number of hydrogen-bond acceptors (Lipinski definition) is 5. The van der Waals surface area contributed by atoms with Gasteiger partial charge in [-0.05, 0) is 81.7 Å². The Morgan fingerprint density at radius 3 is 2.37 bits per heavy atom. The SMILES string of the molecule is CC(C)(C(N)=O)N(C(=O)CCN1CCCC1)c1ccc(N/C(=C2\C(=O)Nc3cc(Cl)ccc32)c2ccccc2)cc1. The van der Waals surface area contributed by atoms with Crippen LogP contribution in [-0.4, -0.2) is 47.8 Å². The van der Waals surface area contributed by atoms with Gasteiger partial charge < -0.3 is 21.3 Å². The van der Waals surface area contributed by atoms with Crippen LogP contribution in [0, 0.1) is 0 Å². The molecule has 5 rings (SSSR count). The molecule has 3 aromatic rings. The number of hydrogen-bond donors (Lipinski definition) is 3. The van der Waals surface area contributed by atoms with Crippen LogP contribution in [0.2, 0.25) is 5.02 Å². The molecule has 41 heavy (non-hydrogen) atoms. The Bertz CT molecular complexity index is 1500. The standard InChI is InChI=1S/C32H34ClN5O3/c1-32(2,31(34)41)38(27(39)16-19-37-17-6-7-18-37)24-13-11-23(12-14-24)35-29(21-8-4-3-5-9-21)28-25-15-10-22(33)20-26(25)36-30(28)40/h3-5,8-15,20,35H,6-7,16-19H2,1-2H3,(H2,34,41)(H,36,40)/b29-28-. The summed E-state index contributed by atoms with van der Waals surface area (Å²) in [6.07, 6.45) is 2.57. The van der Waals surface area contributed by atoms with Crippen LogP contribution in [0.1, 0.15) is 44.2 Å². The van der Waals surface area contributed by atoms with Crippen molar-refractivity contribution in [3.05, 3.63) is 88.9 Å². The number of nitrogens with zero attached hydrogens (tertiary/aromatic N) is 2. The fourth-order valence-electron chi connectivity index (χ4n) is 5.38. The van der Waals surface area contributed by atoms with E-state index in [0.717, 1.165) is 37.1 Å². The number of primary amides is 1. The van der Waals surface area contributed by atoms with Gasteiger partial charge in [-0.25, -0.2) is 0 Å². The second-order valence-electron chi connectivity index (χ2n) is 10.9. The van der Waals surface area contributed by atoms with Gasteiger partial charge in [-0.15, -0.1) is 0 Å². The predicted molar refractivity (Wildman–Crippen MR) is 164 cm³/mol. The van der Waals surface area contributed by atoms with E-state index in [1.807, 2.05) is 48.5 Å². The molecule has 9 heteroatoms. The van der Waals surface area contributed by atoms with E-state index in [9.17, 15) is 14.4 Å². The molecule has 1 fully saturated rings. The van der Waals surface area contributed by atoms with Gasteiger partial charge in [0.1, 0.15) is 5.54 Å². The van der Waals surface area contributed by atoms with Crippen LogP contribution in [-0.2, 0) is 14.4 Å². The zero-order valence-electron chi connectivity index (χ0n) is 23.2. The second-order valence-corrected chi connectivity index (χ2v) is 11.3. The van der Waals surface area contributed by atoms with Crippen LogP contribution in [0.25, 0.3) is 11.3 Å². The first-order valence-corrected chi connectivity index (χ1v) is 14.2. The molecular formula is C32H34ClN5O3. The highest BCUT2D eigenvalue weighted by atomic mass is 35.5. The summed E-state index contributed by atoms with van der Waals surface area (Å²) in [5, 5.41) is 6.87. The van der Waals surface area contributed by atoms with E-state index < -0.39 is 11.4 Å². The smallest absolute Gasteiger partial charge is 0.258 e. The van der Waals surface area contributed by atoms with Crippen molar-refractivity contribution in [3.63, 3.8) is 0 Å². The van der Waals surface area contributed by atoms with E-state index in [1.54, 1.807) is 38.1 Å². The monoisotopic (exact) mass is 571 g/mol. The molecule has 212 valence electrons. The predicted octanol–water partition coefficient (Wildman–Crippen LogP) is 5.36. The van der Waals surface area contributed by atoms with Crippen LogP contribution in [0.4, 0.5) is 17.1 Å². The molecule has 4 N–H and O–H groups in total. The Morgan fingerprint density at radius 2 is 1.71 bits per heavy atom. The molecule has 0 unspecified atom stereocenters. The van der Waals surface area contributed by atoms with E-state index in [-0.39, 0.29) is 11.8 Å². The number of carbonyl (C=O) groups excluding carboxylic acids is 3. The van der Waals surface area contributed by atoms with Gasteiger partial charge in [0.15, 0.2) is 0 Å². The Labute approximate surface area is 245 Å². The average molecular weight is 572 g/mol. The first-order chi connectivity index (χ1) is 19.6. The van der Waals surface area contributed by atoms with Gasteiger partial charge >= 0.3 is 0 Å². The molecule has 0 atom stereocenters. The van der Waals surface area contributed by atoms with Crippen molar-refractivity contribution < 1.29 is 14.4 Å². The number of amides is 3. The second kappa shape index (κ2) is 11.8. The first-order valence-electron chi connectivity index (χ1n) is 13.8. The zero-order chi connectivity index (χ0) is 29.1. The summed E-state index contributed by atoms with van der Waals surface area (Å²) >= 11 is 6.17. The molecule has 1 saturated heterocycles. The summed E-state index contributed by atoms with van der Waals surface area (Å²) in [6, 6.07) is 22.1. The van der Waals surface area contributed by atoms with Gasteiger partial charge in [-0.3, -0.25) is 19.3 Å². The van der Waals surface area contributed by atoms with Gasteiger partial charge in [0.2, 0.25) is 11.8 Å². The van der Waals surface area contributed by atoms with E-state index in [0.29, 0.717) is 46.3 Å². The Kier molecular flexibility index (Phi) is 8.15. The highest BCUT2D eigenvalue weighted by Gasteiger charge is 2.37. The van der Waals surface area contributed by atoms with E-state index in [4.69, 9.17) is 17.3 Å². The number of benzene rings is 3. The fourth-order valence-corrected chi connectivity index (χ4v) is 5.55. The number of halogens is 1. The van der Waals surface area contributed by atoms with E-state index in [1.165, 1.54) is 4.90 Å². The third-order valence-corrected chi connectivity index (χ3v) is 7.92. The van der Waals surface area contributed by atoms with Crippen LogP contribution >= 0.6 is 11.6 Å². The summed E-state index contributed by atoms with van der Waals surface area (Å²) in [7, 11) is 0. The van der Waals surface area contributed by atoms with Crippen molar-refractivity contribution in [1.82, 2.24) is 4.90 Å². The van der Waals surface area contributed by atoms with Crippen LogP contribution in [0.15, 0.2) is 72.8 Å². The molecule has 2 aliphatic rings. The van der Waals surface area contributed by atoms with Crippen LogP contribution < -0.4 is 21.3 Å². The summed E-state index contributed by atoms with van der Waals surface area (Å²) in [5.41, 5.74) is 9.17. The van der Waals surface area contributed by atoms with Crippen molar-refractivity contribution in [2.24, 2.45) is 5.73 Å². The van der Waals surface area contributed by atoms with Crippen molar-refractivity contribution >= 4 is 57.7 Å². The number of nitrogens with two attached hydrogens (primary N) is 1. The Hall–Kier alpha value is -4.14. The van der Waals surface area contributed by atoms with Crippen molar-refractivity contribution in [1.29, 1.82) is 0 Å². The molecule has 0 aromatic heterocycles. The zero-order valence-corrected chi connectivity index (χ0v) is 24.0. The van der Waals surface area contributed by atoms with Gasteiger partial charge in [0, 0.05) is 34.9 Å². The molecule has 0 spiro atoms. The highest BCUT2D eigenvalue weighted by Crippen LogP contribution is 2.39. The van der Waals surface area contributed by atoms with Crippen LogP contribution in [0.3, 0.4) is 0 Å². The lowest BCUT2D eigenvalue weighted by atomic mass is 9.99. The summed E-state index contributed by atoms with van der Waals surface area (Å²) < 4.78 is 0. The Balaban J connectivity index is 1.47. The van der Waals surface area contributed by atoms with Gasteiger partial charge in [0.25, 0.3) is 5.91 Å². The van der Waals surface area contributed by atoms with E-state index in [2.05, 4.69) is 15.5 Å². The molecule has 0 bridgehead atoms. The minimum atomic E-state index is -1.22. The summed E-state index contributed by atoms with van der Waals surface area (Å²) in [6.45, 7) is 5.95. The van der Waals surface area contributed by atoms with Gasteiger partial charge in [-0.1, -0.05) is 48.0 Å². The van der Waals surface area contributed by atoms with Crippen molar-refractivity contribution in [2.45, 2.75) is 38.6 Å². The normalized spacial score (nSPS) is 16.2. The highest BCUT2D eigenvalue weighted by molar-refractivity contribution is 6.38. The number of carbonyl (C=O) groups is 3. The number of nitrogens with one attached hydrogen (secondary N) is 2. The number of fused-ring (bicyclic) bond motifs is 1. The van der Waals surface area contributed by atoms with Crippen LogP contribution in [0.5, 0.6) is 0 Å². The van der Waals surface area contributed by atoms with Crippen molar-refractivity contribution in [3.8, 4) is 0 Å². The number of likely N-dealkylation sites (tertiary alicyclic amines) is 1. The quantitative estimate of drug-likeness (QED) is 0.300. The topological polar surface area (TPSA) is 108 Å². The fraction of sp³-hybridized carbons (Fsp3) is 0.281. The maximum atomic E-state index is 13.5. The largest absolute Gasteiger partial charge is 0.368 e. The van der Waals surface area contributed by atoms with E-state index >= 15 is 0 Å². The van der Waals surface area contributed by atoms with Crippen molar-refractivity contribution in [2.75, 3.05) is 35.2 Å². The Morgan fingerprint density at radius 1 is 1.02 bits per heavy atom. The van der Waals surface area contributed by atoms with Gasteiger partial charge in [0.05, 0.1) is 17.0 Å². The molecule has 3 amide bonds. The lowest BCUT2D eigenvalue weighted by Crippen LogP contribution is -2.56. The van der Waals surface area contributed by atoms with Gasteiger partial charge in [-0.2, -0.15) is 0 Å². The number of rotatable bonds is 9. The molecule has 0 saturated carbocycles. The molecule has 0 radical (unpaired) electrons. The average Bonchev–Trinajstić information content (AvgIpc) is 3.58. The minimum absolute atomic E-state index is 0.161. The first kappa shape index (κ1) is 28.4. The molecule has 8 nitrogen and oxygen atoms in total. The lowest BCUT2D eigenvalue weighted by Gasteiger charge is -2.36. The molecule has 3 aromatic carbocycles. The molecule has 2 aliphatic heterocycles. The minimum Gasteiger partial charge on any atom is -0.368 e. The molecule has 0 aliphatic carbocycles. The summed E-state index contributed by atoms with van der Waals surface area (Å²) in [5.74, 6) is -0.981. The number of anilines is 3. The lowest BCUT2D eigenvalue weighted by molar-refractivity contribution is -0.127.